The van der Waals surface area contributed by atoms with E-state index in [0.29, 0.717) is 0 Å². The third-order valence-electron chi connectivity index (χ3n) is 4.42. The second-order valence-corrected chi connectivity index (χ2v) is 5.62. The van der Waals surface area contributed by atoms with E-state index in [4.69, 9.17) is 0 Å². The van der Waals surface area contributed by atoms with Gasteiger partial charge in [-0.1, -0.05) is 12.8 Å². The standard InChI is InChI=1S/2C9H11.2C2H5.2CH3.H2Si.Zr/c2*1-2-5-9-7-3-6-8(9)4-1;2*1-2;;;;/h2*1-2,4,6,9H,3,5,7H2;2*1H2,2H3;2*1H3;1H2;/q6*-1;;. The summed E-state index contributed by atoms with van der Waals surface area (Å²) in [6.07, 6.45) is 26.1. The molecule has 2 atom stereocenters. The molecule has 2 fully saturated rings. The molecule has 2 unspecified atom stereocenters. The molecule has 0 bridgehead atoms. The van der Waals surface area contributed by atoms with Crippen LogP contribution >= 0.6 is 0 Å². The fourth-order valence-electron chi connectivity index (χ4n) is 3.33. The Labute approximate surface area is 182 Å². The minimum atomic E-state index is 0. The number of hydrogen-bond donors (Lipinski definition) is 0. The van der Waals surface area contributed by atoms with Crippen LogP contribution in [0.3, 0.4) is 0 Å². The van der Waals surface area contributed by atoms with Crippen molar-refractivity contribution < 1.29 is 23.3 Å². The molecule has 0 N–H and O–H groups in total. The van der Waals surface area contributed by atoms with Gasteiger partial charge in [0.2, 0.25) is 0 Å². The molecule has 0 aromatic carbocycles. The number of fused-ring (bicyclic) bond motifs is 2. The predicted octanol–water partition coefficient (Wildman–Crippen LogP) is 6.64. The van der Waals surface area contributed by atoms with Crippen molar-refractivity contribution in [2.45, 2.75) is 52.4 Å². The van der Waals surface area contributed by atoms with Crippen molar-refractivity contribution in [3.8, 4) is 0 Å². The summed E-state index contributed by atoms with van der Waals surface area (Å²) < 4.78 is 0. The molecule has 4 aliphatic carbocycles. The monoisotopic (exact) mass is 446 g/mol. The Hall–Kier alpha value is -0.200. The summed E-state index contributed by atoms with van der Waals surface area (Å²) in [4.78, 5) is 0. The van der Waals surface area contributed by atoms with Gasteiger partial charge in [0.05, 0.1) is 0 Å². The maximum absolute atomic E-state index is 3.25. The van der Waals surface area contributed by atoms with Crippen molar-refractivity contribution in [1.29, 1.82) is 0 Å². The molecular formula is C24H40SiZr-6. The van der Waals surface area contributed by atoms with Crippen LogP contribution in [0.4, 0.5) is 0 Å². The predicted molar refractivity (Wildman–Crippen MR) is 121 cm³/mol. The summed E-state index contributed by atoms with van der Waals surface area (Å²) in [5.41, 5.74) is 3.16. The fraction of sp³-hybridized carbons (Fsp3) is 0.417. The average Bonchev–Trinajstić information content (AvgIpc) is 3.36. The van der Waals surface area contributed by atoms with Crippen LogP contribution in [0.1, 0.15) is 52.4 Å². The first-order chi connectivity index (χ1) is 11.9. The van der Waals surface area contributed by atoms with E-state index in [1.54, 1.807) is 48.3 Å². The quantitative estimate of drug-likeness (QED) is 0.288. The molecule has 0 aromatic rings. The molecule has 4 aliphatic rings. The average molecular weight is 448 g/mol. The molecule has 0 aromatic heterocycles. The van der Waals surface area contributed by atoms with Crippen LogP contribution in [0.2, 0.25) is 0 Å². The van der Waals surface area contributed by atoms with Gasteiger partial charge in [-0.15, -0.1) is 37.1 Å². The zero-order chi connectivity index (χ0) is 18.2. The van der Waals surface area contributed by atoms with Crippen molar-refractivity contribution >= 4 is 6.88 Å². The SMILES string of the molecule is C1=CCC2CC[CH-]C2=C1.C1=CCC2CC[CH-]C2=C1.[CH2-]C.[CH2-]C.[CH3-].[CH3-].[SiH2]=[Zr]. The van der Waals surface area contributed by atoms with Gasteiger partial charge < -0.3 is 28.7 Å². The zero-order valence-electron chi connectivity index (χ0n) is 17.6. The summed E-state index contributed by atoms with van der Waals surface area (Å²) in [5, 5.41) is 0. The molecule has 2 heteroatoms. The van der Waals surface area contributed by atoms with Crippen LogP contribution in [0.25, 0.3) is 0 Å². The van der Waals surface area contributed by atoms with Gasteiger partial charge in [-0.2, -0.15) is 13.8 Å². The van der Waals surface area contributed by atoms with Gasteiger partial charge in [-0.3, -0.25) is 0 Å². The Morgan fingerprint density at radius 3 is 1.46 bits per heavy atom. The summed E-state index contributed by atoms with van der Waals surface area (Å²) >= 11 is 1.58. The molecule has 0 heterocycles. The van der Waals surface area contributed by atoms with Crippen LogP contribution in [0, 0.1) is 53.4 Å². The molecule has 4 rings (SSSR count). The first-order valence-corrected chi connectivity index (χ1v) is 15.0. The second kappa shape index (κ2) is 21.1. The Balaban J connectivity index is -0.000000299. The maximum atomic E-state index is 3.25. The van der Waals surface area contributed by atoms with Crippen LogP contribution < -0.4 is 0 Å². The molecule has 150 valence electrons. The van der Waals surface area contributed by atoms with E-state index in [1.165, 1.54) is 38.5 Å². The molecule has 0 nitrogen and oxygen atoms in total. The number of hydrogen-bond acceptors (Lipinski definition) is 0. The van der Waals surface area contributed by atoms with Crippen molar-refractivity contribution in [3.63, 3.8) is 0 Å². The van der Waals surface area contributed by atoms with E-state index in [9.17, 15) is 0 Å². The molecular weight excluding hydrogens is 408 g/mol. The number of rotatable bonds is 0. The fourth-order valence-corrected chi connectivity index (χ4v) is 3.33. The van der Waals surface area contributed by atoms with Crippen LogP contribution in [-0.2, 0) is 23.3 Å². The van der Waals surface area contributed by atoms with E-state index in [-0.39, 0.29) is 14.9 Å². The van der Waals surface area contributed by atoms with Gasteiger partial charge in [0.15, 0.2) is 0 Å². The van der Waals surface area contributed by atoms with Crippen molar-refractivity contribution in [2.75, 3.05) is 0 Å². The van der Waals surface area contributed by atoms with Gasteiger partial charge in [-0.05, 0) is 24.7 Å². The van der Waals surface area contributed by atoms with Crippen molar-refractivity contribution in [2.24, 2.45) is 11.8 Å². The Morgan fingerprint density at radius 2 is 1.15 bits per heavy atom. The molecule has 0 amide bonds. The third kappa shape index (κ3) is 10.8. The zero-order valence-corrected chi connectivity index (χ0v) is 21.5. The normalized spacial score (nSPS) is 22.1. The molecule has 0 radical (unpaired) electrons. The summed E-state index contributed by atoms with van der Waals surface area (Å²) in [6, 6.07) is 0. The van der Waals surface area contributed by atoms with Crippen molar-refractivity contribution in [3.05, 3.63) is 89.1 Å². The van der Waals surface area contributed by atoms with Crippen molar-refractivity contribution in [1.82, 2.24) is 0 Å². The van der Waals surface area contributed by atoms with Gasteiger partial charge in [0.1, 0.15) is 0 Å². The van der Waals surface area contributed by atoms with Gasteiger partial charge >= 0.3 is 30.2 Å². The molecule has 2 saturated carbocycles. The molecule has 0 aliphatic heterocycles. The first kappa shape index (κ1) is 30.5. The summed E-state index contributed by atoms with van der Waals surface area (Å²) in [7, 11) is 0. The van der Waals surface area contributed by atoms with Crippen LogP contribution in [0.5, 0.6) is 0 Å². The van der Waals surface area contributed by atoms with Gasteiger partial charge in [-0.25, -0.2) is 36.1 Å². The summed E-state index contributed by atoms with van der Waals surface area (Å²) in [6.45, 7) is 12.0. The Kier molecular flexibility index (Phi) is 24.8. The Bertz CT molecular complexity index is 391. The number of allylic oxidation sites excluding steroid dienone is 8. The van der Waals surface area contributed by atoms with Crippen LogP contribution in [-0.4, -0.2) is 6.88 Å². The van der Waals surface area contributed by atoms with E-state index in [2.05, 4.69) is 63.1 Å². The second-order valence-electron chi connectivity index (χ2n) is 5.62. The Morgan fingerprint density at radius 1 is 0.808 bits per heavy atom. The van der Waals surface area contributed by atoms with E-state index in [0.717, 1.165) is 11.8 Å². The van der Waals surface area contributed by atoms with Gasteiger partial charge in [0.25, 0.3) is 0 Å². The third-order valence-corrected chi connectivity index (χ3v) is 4.42. The first-order valence-electron chi connectivity index (χ1n) is 9.10. The van der Waals surface area contributed by atoms with Crippen LogP contribution in [0.15, 0.2) is 47.6 Å². The van der Waals surface area contributed by atoms with E-state index < -0.39 is 0 Å². The summed E-state index contributed by atoms with van der Waals surface area (Å²) in [5.74, 6) is 1.77. The molecule has 26 heavy (non-hydrogen) atoms. The molecule has 0 spiro atoms. The van der Waals surface area contributed by atoms with Gasteiger partial charge in [0, 0.05) is 0 Å². The van der Waals surface area contributed by atoms with E-state index in [1.807, 2.05) is 6.88 Å². The molecule has 0 saturated heterocycles. The van der Waals surface area contributed by atoms with E-state index >= 15 is 0 Å². The topological polar surface area (TPSA) is 0 Å². The minimum absolute atomic E-state index is 0.